The van der Waals surface area contributed by atoms with Crippen LogP contribution >= 0.6 is 0 Å². The molecule has 0 spiro atoms. The molecule has 0 aromatic heterocycles. The molecule has 0 rings (SSSR count). The van der Waals surface area contributed by atoms with Crippen LogP contribution in [0, 0.1) is 0 Å². The Hall–Kier alpha value is -0.240. The maximum Gasteiger partial charge on any atom is 0.104 e. The molecule has 0 aromatic carbocycles. The van der Waals surface area contributed by atoms with Crippen molar-refractivity contribution in [3.63, 3.8) is 0 Å². The van der Waals surface area contributed by atoms with Crippen molar-refractivity contribution in [1.29, 1.82) is 0 Å². The lowest BCUT2D eigenvalue weighted by atomic mass is 9.95. The van der Waals surface area contributed by atoms with E-state index >= 15 is 0 Å². The average molecular weight is 561 g/mol. The summed E-state index contributed by atoms with van der Waals surface area (Å²) in [4.78, 5) is 0. The van der Waals surface area contributed by atoms with Gasteiger partial charge in [0.1, 0.15) is 6.10 Å². The predicted octanol–water partition coefficient (Wildman–Crippen LogP) is 8.52. The first-order valence-electron chi connectivity index (χ1n) is 15.8. The number of hydrogen-bond donors (Lipinski definition) is 0. The van der Waals surface area contributed by atoms with Crippen LogP contribution in [0.1, 0.15) is 142 Å². The quantitative estimate of drug-likeness (QED) is 0.132. The lowest BCUT2D eigenvalue weighted by Gasteiger charge is -2.36. The molecule has 8 unspecified atom stereocenters. The topological polar surface area (TPSA) is 55.4 Å². The highest BCUT2D eigenvalue weighted by Crippen LogP contribution is 2.27. The Kier molecular flexibility index (Phi) is 18.2. The van der Waals surface area contributed by atoms with Crippen LogP contribution in [0.15, 0.2) is 0 Å². The van der Waals surface area contributed by atoms with Gasteiger partial charge in [-0.2, -0.15) is 0 Å². The van der Waals surface area contributed by atoms with Gasteiger partial charge in [-0.25, -0.2) is 0 Å². The van der Waals surface area contributed by atoms with Crippen LogP contribution in [0.4, 0.5) is 0 Å². The fourth-order valence-corrected chi connectivity index (χ4v) is 4.99. The third-order valence-electron chi connectivity index (χ3n) is 7.25. The average Bonchev–Trinajstić information content (AvgIpc) is 2.78. The molecule has 6 heteroatoms. The molecule has 0 aliphatic heterocycles. The predicted molar refractivity (Wildman–Crippen MR) is 164 cm³/mol. The van der Waals surface area contributed by atoms with E-state index in [1.807, 2.05) is 0 Å². The summed E-state index contributed by atoms with van der Waals surface area (Å²) in [7, 11) is 0. The molecule has 0 saturated carbocycles. The third-order valence-corrected chi connectivity index (χ3v) is 7.25. The summed E-state index contributed by atoms with van der Waals surface area (Å²) in [5.74, 6) is 0. The molecule has 8 atom stereocenters. The van der Waals surface area contributed by atoms with E-state index in [9.17, 15) is 0 Å². The molecule has 0 saturated heterocycles. The van der Waals surface area contributed by atoms with Crippen molar-refractivity contribution in [3.8, 4) is 0 Å². The van der Waals surface area contributed by atoms with Crippen molar-refractivity contribution in [2.75, 3.05) is 13.2 Å². The first-order valence-corrected chi connectivity index (χ1v) is 15.8. The zero-order valence-corrected chi connectivity index (χ0v) is 28.6. The minimum absolute atomic E-state index is 0.0214. The van der Waals surface area contributed by atoms with Crippen LogP contribution in [0.2, 0.25) is 0 Å². The summed E-state index contributed by atoms with van der Waals surface area (Å²) in [6.07, 6.45) is 6.04. The molecule has 0 N–H and O–H groups in total. The minimum atomic E-state index is -0.352. The zero-order valence-electron chi connectivity index (χ0n) is 28.6. The van der Waals surface area contributed by atoms with Gasteiger partial charge in [-0.1, -0.05) is 20.8 Å². The Bertz CT molecular complexity index is 618. The minimum Gasteiger partial charge on any atom is -0.375 e. The molecule has 0 heterocycles. The molecule has 236 valence electrons. The Morgan fingerprint density at radius 1 is 0.538 bits per heavy atom. The van der Waals surface area contributed by atoms with Gasteiger partial charge in [0.25, 0.3) is 0 Å². The molecule has 39 heavy (non-hydrogen) atoms. The highest BCUT2D eigenvalue weighted by molar-refractivity contribution is 4.80. The molecule has 0 aliphatic carbocycles. The molecule has 0 aliphatic rings. The fourth-order valence-electron chi connectivity index (χ4n) is 4.99. The van der Waals surface area contributed by atoms with Gasteiger partial charge >= 0.3 is 0 Å². The van der Waals surface area contributed by atoms with Gasteiger partial charge in [0, 0.05) is 12.8 Å². The highest BCUT2D eigenvalue weighted by atomic mass is 16.6. The molecule has 0 aromatic rings. The summed E-state index contributed by atoms with van der Waals surface area (Å²) in [6.45, 7) is 32.9. The smallest absolute Gasteiger partial charge is 0.104 e. The summed E-state index contributed by atoms with van der Waals surface area (Å²) < 4.78 is 38.0. The third kappa shape index (κ3) is 19.5. The number of rotatable bonds is 22. The van der Waals surface area contributed by atoms with Crippen molar-refractivity contribution in [1.82, 2.24) is 0 Å². The molecule has 0 radical (unpaired) electrons. The molecular formula is C33H68O6. The molecule has 6 nitrogen and oxygen atoms in total. The van der Waals surface area contributed by atoms with Gasteiger partial charge in [0.05, 0.1) is 66.6 Å². The maximum absolute atomic E-state index is 6.59. The van der Waals surface area contributed by atoms with Crippen LogP contribution in [0.3, 0.4) is 0 Å². The van der Waals surface area contributed by atoms with Gasteiger partial charge in [-0.3, -0.25) is 0 Å². The second-order valence-electron chi connectivity index (χ2n) is 13.8. The number of hydrogen-bond acceptors (Lipinski definition) is 6. The Morgan fingerprint density at radius 2 is 1.03 bits per heavy atom. The summed E-state index contributed by atoms with van der Waals surface area (Å²) in [5, 5.41) is 0. The van der Waals surface area contributed by atoms with Gasteiger partial charge in [0.2, 0.25) is 0 Å². The maximum atomic E-state index is 6.59. The van der Waals surface area contributed by atoms with Crippen molar-refractivity contribution < 1.29 is 28.4 Å². The molecular weight excluding hydrogens is 492 g/mol. The van der Waals surface area contributed by atoms with Crippen LogP contribution in [0.25, 0.3) is 0 Å². The summed E-state index contributed by atoms with van der Waals surface area (Å²) in [6, 6.07) is 0. The van der Waals surface area contributed by atoms with E-state index in [4.69, 9.17) is 28.4 Å². The van der Waals surface area contributed by atoms with E-state index in [1.54, 1.807) is 0 Å². The van der Waals surface area contributed by atoms with E-state index in [1.165, 1.54) is 0 Å². The van der Waals surface area contributed by atoms with E-state index in [2.05, 4.69) is 104 Å². The Balaban J connectivity index is 5.35. The Labute approximate surface area is 243 Å². The second-order valence-corrected chi connectivity index (χ2v) is 13.8. The van der Waals surface area contributed by atoms with Crippen molar-refractivity contribution >= 4 is 0 Å². The first-order chi connectivity index (χ1) is 17.8. The molecule has 0 amide bonds. The monoisotopic (exact) mass is 561 g/mol. The number of ether oxygens (including phenoxy) is 6. The second kappa shape index (κ2) is 18.3. The van der Waals surface area contributed by atoms with Crippen LogP contribution in [0.5, 0.6) is 0 Å². The van der Waals surface area contributed by atoms with E-state index in [0.29, 0.717) is 13.2 Å². The van der Waals surface area contributed by atoms with Crippen LogP contribution < -0.4 is 0 Å². The SMILES string of the molecule is CCC(C)OC(C)CC(C)OC(COC(C)(C)CC(C)OC(C)(C)C)COC(C)(CC)CC(C)OC(C)CC. The summed E-state index contributed by atoms with van der Waals surface area (Å²) >= 11 is 0. The van der Waals surface area contributed by atoms with Crippen molar-refractivity contribution in [2.24, 2.45) is 0 Å². The van der Waals surface area contributed by atoms with Crippen LogP contribution in [-0.4, -0.2) is 72.7 Å². The molecule has 0 fully saturated rings. The standard InChI is InChI=1S/C33H68O6/c1-16-24(4)36-26(6)19-27(7)38-30(22-34-32(13,14)20-29(9)39-31(10,11)12)23-35-33(15,18-3)21-28(8)37-25(5)17-2/h24-30H,16-23H2,1-15H3. The van der Waals surface area contributed by atoms with E-state index in [0.717, 1.165) is 38.5 Å². The lowest BCUT2D eigenvalue weighted by Crippen LogP contribution is -2.41. The highest BCUT2D eigenvalue weighted by Gasteiger charge is 2.31. The lowest BCUT2D eigenvalue weighted by molar-refractivity contribution is -0.165. The normalized spacial score (nSPS) is 20.1. The first kappa shape index (κ1) is 38.8. The summed E-state index contributed by atoms with van der Waals surface area (Å²) in [5.41, 5.74) is -0.830. The largest absolute Gasteiger partial charge is 0.375 e. The molecule has 0 bridgehead atoms. The van der Waals surface area contributed by atoms with Gasteiger partial charge in [-0.15, -0.1) is 0 Å². The van der Waals surface area contributed by atoms with E-state index in [-0.39, 0.29) is 59.5 Å². The van der Waals surface area contributed by atoms with Gasteiger partial charge in [-0.05, 0) is 109 Å². The van der Waals surface area contributed by atoms with Crippen LogP contribution in [-0.2, 0) is 28.4 Å². The van der Waals surface area contributed by atoms with Crippen molar-refractivity contribution in [3.05, 3.63) is 0 Å². The van der Waals surface area contributed by atoms with Gasteiger partial charge in [0.15, 0.2) is 0 Å². The Morgan fingerprint density at radius 3 is 1.51 bits per heavy atom. The van der Waals surface area contributed by atoms with Crippen molar-refractivity contribution in [2.45, 2.75) is 202 Å². The van der Waals surface area contributed by atoms with E-state index < -0.39 is 0 Å². The fraction of sp³-hybridized carbons (Fsp3) is 1.00. The van der Waals surface area contributed by atoms with Gasteiger partial charge < -0.3 is 28.4 Å². The zero-order chi connectivity index (χ0) is 30.4.